The lowest BCUT2D eigenvalue weighted by atomic mass is 9.53. The van der Waals surface area contributed by atoms with Gasteiger partial charge in [-0.15, -0.1) is 0 Å². The van der Waals surface area contributed by atoms with Crippen LogP contribution in [0.2, 0.25) is 0 Å². The van der Waals surface area contributed by atoms with Crippen LogP contribution in [0.4, 0.5) is 13.2 Å². The average molecular weight is 477 g/mol. The smallest absolute Gasteiger partial charge is 0.420 e. The van der Waals surface area contributed by atoms with Crippen molar-refractivity contribution in [3.8, 4) is 5.75 Å². The number of carboxylic acid groups (broad SMARTS) is 1. The second-order valence-electron chi connectivity index (χ2n) is 10.8. The highest BCUT2D eigenvalue weighted by atomic mass is 19.4. The van der Waals surface area contributed by atoms with Gasteiger partial charge in [0, 0.05) is 0 Å². The third-order valence-corrected chi connectivity index (χ3v) is 8.55. The third kappa shape index (κ3) is 4.92. The fraction of sp³-hybridized carbons (Fsp3) is 0.607. The van der Waals surface area contributed by atoms with Crippen molar-refractivity contribution < 1.29 is 27.8 Å². The van der Waals surface area contributed by atoms with E-state index in [-0.39, 0.29) is 34.5 Å². The lowest BCUT2D eigenvalue weighted by molar-refractivity contribution is -0.159. The van der Waals surface area contributed by atoms with Gasteiger partial charge in [0.05, 0.1) is 12.0 Å². The van der Waals surface area contributed by atoms with E-state index in [2.05, 4.69) is 6.92 Å². The second kappa shape index (κ2) is 9.43. The number of fused-ring (bicyclic) bond motifs is 1. The topological polar surface area (TPSA) is 46.5 Å². The summed E-state index contributed by atoms with van der Waals surface area (Å²) in [7, 11) is 0. The molecule has 0 bridgehead atoms. The van der Waals surface area contributed by atoms with Crippen LogP contribution in [-0.2, 0) is 17.4 Å². The van der Waals surface area contributed by atoms with Crippen molar-refractivity contribution in [3.63, 3.8) is 0 Å². The summed E-state index contributed by atoms with van der Waals surface area (Å²) < 4.78 is 48.7. The molecule has 6 heteroatoms. The number of hydrogen-bond acceptors (Lipinski definition) is 2. The predicted octanol–water partition coefficient (Wildman–Crippen LogP) is 7.89. The largest absolute Gasteiger partial charge is 0.490 e. The van der Waals surface area contributed by atoms with Crippen LogP contribution >= 0.6 is 0 Å². The molecule has 0 aliphatic heterocycles. The standard InChI is InChI=1S/C28H35F3O3/c1-4-17-7-12-21(13-8-17)34-24-14-10-19-9-5-18(15-22(19)25(24)28(29,30)31)6-11-20-16-23(26(32)33)27(20,2)3/h5,9-10,14-15,17,20-21,23H,4,6-8,11-13,16H2,1-3H3,(H,32,33). The van der Waals surface area contributed by atoms with Gasteiger partial charge in [0.1, 0.15) is 11.3 Å². The van der Waals surface area contributed by atoms with Crippen molar-refractivity contribution in [1.29, 1.82) is 0 Å². The average Bonchev–Trinajstić information content (AvgIpc) is 2.77. The molecule has 2 atom stereocenters. The monoisotopic (exact) mass is 476 g/mol. The van der Waals surface area contributed by atoms with E-state index in [0.717, 1.165) is 44.1 Å². The van der Waals surface area contributed by atoms with Gasteiger partial charge < -0.3 is 9.84 Å². The SMILES string of the molecule is CCC1CCC(Oc2ccc3ccc(CCC4CC(C(=O)O)C4(C)C)cc3c2C(F)(F)F)CC1. The predicted molar refractivity (Wildman–Crippen MR) is 127 cm³/mol. The molecule has 0 heterocycles. The van der Waals surface area contributed by atoms with E-state index in [9.17, 15) is 23.1 Å². The van der Waals surface area contributed by atoms with E-state index < -0.39 is 17.7 Å². The molecule has 2 unspecified atom stereocenters. The Morgan fingerprint density at radius 1 is 1.12 bits per heavy atom. The minimum atomic E-state index is -4.52. The molecule has 2 fully saturated rings. The Morgan fingerprint density at radius 3 is 2.38 bits per heavy atom. The Kier molecular flexibility index (Phi) is 6.90. The Morgan fingerprint density at radius 2 is 1.79 bits per heavy atom. The van der Waals surface area contributed by atoms with Gasteiger partial charge in [-0.1, -0.05) is 51.5 Å². The molecule has 34 heavy (non-hydrogen) atoms. The fourth-order valence-corrected chi connectivity index (χ4v) is 6.00. The molecule has 3 nitrogen and oxygen atoms in total. The highest BCUT2D eigenvalue weighted by Gasteiger charge is 2.51. The van der Waals surface area contributed by atoms with E-state index in [1.165, 1.54) is 6.07 Å². The van der Waals surface area contributed by atoms with Crippen LogP contribution in [0, 0.1) is 23.2 Å². The van der Waals surface area contributed by atoms with Crippen molar-refractivity contribution in [2.24, 2.45) is 23.2 Å². The summed E-state index contributed by atoms with van der Waals surface area (Å²) in [5, 5.41) is 10.1. The van der Waals surface area contributed by atoms with Crippen LogP contribution in [-0.4, -0.2) is 17.2 Å². The van der Waals surface area contributed by atoms with Gasteiger partial charge >= 0.3 is 12.1 Å². The van der Waals surface area contributed by atoms with Crippen LogP contribution in [0.5, 0.6) is 5.75 Å². The minimum Gasteiger partial charge on any atom is -0.490 e. The van der Waals surface area contributed by atoms with Crippen molar-refractivity contribution >= 4 is 16.7 Å². The van der Waals surface area contributed by atoms with Crippen molar-refractivity contribution in [2.75, 3.05) is 0 Å². The molecule has 0 radical (unpaired) electrons. The van der Waals surface area contributed by atoms with Crippen molar-refractivity contribution in [1.82, 2.24) is 0 Å². The molecule has 186 valence electrons. The van der Waals surface area contributed by atoms with Crippen molar-refractivity contribution in [3.05, 3.63) is 41.5 Å². The number of benzene rings is 2. The van der Waals surface area contributed by atoms with Gasteiger partial charge in [0.15, 0.2) is 0 Å². The Bertz CT molecular complexity index is 1040. The van der Waals surface area contributed by atoms with E-state index in [0.29, 0.717) is 24.1 Å². The summed E-state index contributed by atoms with van der Waals surface area (Å²) in [6.07, 6.45) is 2.02. The Labute approximate surface area is 199 Å². The van der Waals surface area contributed by atoms with E-state index in [4.69, 9.17) is 4.74 Å². The van der Waals surface area contributed by atoms with E-state index >= 15 is 0 Å². The molecular formula is C28H35F3O3. The number of aliphatic carboxylic acids is 1. The van der Waals surface area contributed by atoms with Crippen LogP contribution in [0.1, 0.15) is 76.8 Å². The number of rotatable bonds is 7. The fourth-order valence-electron chi connectivity index (χ4n) is 6.00. The van der Waals surface area contributed by atoms with Gasteiger partial charge in [0.25, 0.3) is 0 Å². The molecule has 0 saturated heterocycles. The summed E-state index contributed by atoms with van der Waals surface area (Å²) >= 11 is 0. The number of carboxylic acids is 1. The first-order valence-electron chi connectivity index (χ1n) is 12.5. The van der Waals surface area contributed by atoms with Gasteiger partial charge in [-0.25, -0.2) is 0 Å². The molecule has 0 aromatic heterocycles. The molecular weight excluding hydrogens is 441 g/mol. The molecule has 0 spiro atoms. The molecule has 2 aliphatic rings. The zero-order valence-corrected chi connectivity index (χ0v) is 20.3. The molecule has 2 aromatic rings. The van der Waals surface area contributed by atoms with E-state index in [1.807, 2.05) is 19.9 Å². The third-order valence-electron chi connectivity index (χ3n) is 8.55. The Hall–Kier alpha value is -2.24. The summed E-state index contributed by atoms with van der Waals surface area (Å²) in [5.41, 5.74) is -0.134. The molecule has 2 aliphatic carbocycles. The zero-order valence-electron chi connectivity index (χ0n) is 20.3. The molecule has 2 saturated carbocycles. The first kappa shape index (κ1) is 24.9. The lowest BCUT2D eigenvalue weighted by Crippen LogP contribution is -2.48. The van der Waals surface area contributed by atoms with Crippen molar-refractivity contribution in [2.45, 2.75) is 84.4 Å². The molecule has 0 amide bonds. The number of alkyl halides is 3. The van der Waals surface area contributed by atoms with Crippen LogP contribution < -0.4 is 4.74 Å². The van der Waals surface area contributed by atoms with Gasteiger partial charge in [-0.2, -0.15) is 13.2 Å². The highest BCUT2D eigenvalue weighted by Crippen LogP contribution is 2.53. The number of halogens is 3. The summed E-state index contributed by atoms with van der Waals surface area (Å²) in [6, 6.07) is 8.48. The van der Waals surface area contributed by atoms with Gasteiger partial charge in [-0.05, 0) is 84.6 Å². The summed E-state index contributed by atoms with van der Waals surface area (Å²) in [6.45, 7) is 6.10. The number of ether oxygens (including phenoxy) is 1. The molecule has 4 rings (SSSR count). The quantitative estimate of drug-likeness (QED) is 0.442. The van der Waals surface area contributed by atoms with Crippen LogP contribution in [0.3, 0.4) is 0 Å². The van der Waals surface area contributed by atoms with E-state index in [1.54, 1.807) is 18.2 Å². The number of hydrogen-bond donors (Lipinski definition) is 1. The normalized spacial score (nSPS) is 26.8. The Balaban J connectivity index is 1.55. The van der Waals surface area contributed by atoms with Crippen LogP contribution in [0.25, 0.3) is 10.8 Å². The maximum atomic E-state index is 14.2. The maximum Gasteiger partial charge on any atom is 0.420 e. The van der Waals surface area contributed by atoms with Crippen LogP contribution in [0.15, 0.2) is 30.3 Å². The number of aryl methyl sites for hydroxylation is 1. The first-order chi connectivity index (χ1) is 16.0. The first-order valence-corrected chi connectivity index (χ1v) is 12.5. The number of carbonyl (C=O) groups is 1. The maximum absolute atomic E-state index is 14.2. The minimum absolute atomic E-state index is 0.0680. The van der Waals surface area contributed by atoms with Gasteiger partial charge in [0.2, 0.25) is 0 Å². The summed E-state index contributed by atoms with van der Waals surface area (Å²) in [4.78, 5) is 11.4. The van der Waals surface area contributed by atoms with Gasteiger partial charge in [-0.3, -0.25) is 4.79 Å². The molecule has 2 aromatic carbocycles. The highest BCUT2D eigenvalue weighted by molar-refractivity contribution is 5.89. The second-order valence-corrected chi connectivity index (χ2v) is 10.8. The molecule has 1 N–H and O–H groups in total. The lowest BCUT2D eigenvalue weighted by Gasteiger charge is -2.50. The zero-order chi connectivity index (χ0) is 24.7. The summed E-state index contributed by atoms with van der Waals surface area (Å²) in [5.74, 6) is -0.288.